The van der Waals surface area contributed by atoms with Gasteiger partial charge in [0.25, 0.3) is 10.0 Å². The summed E-state index contributed by atoms with van der Waals surface area (Å²) in [6, 6.07) is 22.2. The fourth-order valence-electron chi connectivity index (χ4n) is 5.64. The number of anilines is 2. The Bertz CT molecular complexity index is 1970. The lowest BCUT2D eigenvalue weighted by Crippen LogP contribution is -2.12. The first-order valence-electron chi connectivity index (χ1n) is 13.3. The SMILES string of the molecule is Nc1ncnc2c1c(-c1nc3ccc(NS(=O)(=O)c4cccc(-c5ccccc5)c4)cc3[nH]1)cn2C1CCCC1. The normalized spacial score (nSPS) is 14.3. The van der Waals surface area contributed by atoms with Crippen LogP contribution in [0.4, 0.5) is 11.5 Å². The van der Waals surface area contributed by atoms with Crippen LogP contribution in [0.15, 0.2) is 90.2 Å². The smallest absolute Gasteiger partial charge is 0.261 e. The minimum absolute atomic E-state index is 0.189. The van der Waals surface area contributed by atoms with Crippen molar-refractivity contribution in [3.63, 3.8) is 0 Å². The van der Waals surface area contributed by atoms with E-state index in [4.69, 9.17) is 10.7 Å². The van der Waals surface area contributed by atoms with Crippen molar-refractivity contribution in [1.29, 1.82) is 0 Å². The second-order valence-electron chi connectivity index (χ2n) is 10.2. The third-order valence-corrected chi connectivity index (χ3v) is 8.98. The van der Waals surface area contributed by atoms with Gasteiger partial charge in [-0.1, -0.05) is 55.3 Å². The summed E-state index contributed by atoms with van der Waals surface area (Å²) in [6.07, 6.45) is 8.16. The van der Waals surface area contributed by atoms with Gasteiger partial charge in [-0.2, -0.15) is 0 Å². The Morgan fingerprint density at radius 1 is 0.925 bits per heavy atom. The maximum atomic E-state index is 13.3. The van der Waals surface area contributed by atoms with Gasteiger partial charge in [-0.3, -0.25) is 4.72 Å². The van der Waals surface area contributed by atoms with Crippen molar-refractivity contribution in [1.82, 2.24) is 24.5 Å². The second kappa shape index (κ2) is 9.49. The molecule has 0 spiro atoms. The molecule has 0 unspecified atom stereocenters. The van der Waals surface area contributed by atoms with E-state index in [0.717, 1.165) is 40.6 Å². The maximum Gasteiger partial charge on any atom is 0.261 e. The number of nitrogens with zero attached hydrogens (tertiary/aromatic N) is 4. The van der Waals surface area contributed by atoms with Crippen LogP contribution < -0.4 is 10.5 Å². The summed E-state index contributed by atoms with van der Waals surface area (Å²) in [7, 11) is -3.82. The largest absolute Gasteiger partial charge is 0.383 e. The van der Waals surface area contributed by atoms with E-state index in [1.54, 1.807) is 36.4 Å². The number of benzene rings is 3. The minimum Gasteiger partial charge on any atom is -0.383 e. The summed E-state index contributed by atoms with van der Waals surface area (Å²) in [6.45, 7) is 0. The first-order chi connectivity index (χ1) is 19.5. The summed E-state index contributed by atoms with van der Waals surface area (Å²) in [5.74, 6) is 1.04. The fraction of sp³-hybridized carbons (Fsp3) is 0.167. The molecule has 1 saturated carbocycles. The quantitative estimate of drug-likeness (QED) is 0.229. The highest BCUT2D eigenvalue weighted by Gasteiger charge is 2.24. The van der Waals surface area contributed by atoms with Crippen molar-refractivity contribution in [3.8, 4) is 22.5 Å². The second-order valence-corrected chi connectivity index (χ2v) is 11.8. The average molecular weight is 550 g/mol. The number of H-pyrrole nitrogens is 1. The lowest BCUT2D eigenvalue weighted by molar-refractivity contribution is 0.532. The Balaban J connectivity index is 1.23. The number of hydrogen-bond acceptors (Lipinski definition) is 6. The van der Waals surface area contributed by atoms with Gasteiger partial charge in [0, 0.05) is 17.8 Å². The zero-order valence-corrected chi connectivity index (χ0v) is 22.4. The van der Waals surface area contributed by atoms with Crippen molar-refractivity contribution in [2.75, 3.05) is 10.5 Å². The number of nitrogens with two attached hydrogens (primary N) is 1. The Morgan fingerprint density at radius 3 is 2.55 bits per heavy atom. The Hall–Kier alpha value is -4.70. The van der Waals surface area contributed by atoms with Crippen molar-refractivity contribution in [2.45, 2.75) is 36.6 Å². The van der Waals surface area contributed by atoms with Crippen LogP contribution in [0, 0.1) is 0 Å². The highest BCUT2D eigenvalue weighted by atomic mass is 32.2. The molecule has 0 bridgehead atoms. The summed E-state index contributed by atoms with van der Waals surface area (Å²) < 4.78 is 31.5. The van der Waals surface area contributed by atoms with E-state index in [2.05, 4.69) is 30.4 Å². The van der Waals surface area contributed by atoms with Crippen LogP contribution in [0.2, 0.25) is 0 Å². The van der Waals surface area contributed by atoms with Crippen LogP contribution in [0.5, 0.6) is 0 Å². The molecule has 4 N–H and O–H groups in total. The fourth-order valence-corrected chi connectivity index (χ4v) is 6.73. The first-order valence-corrected chi connectivity index (χ1v) is 14.7. The molecule has 1 aliphatic carbocycles. The van der Waals surface area contributed by atoms with E-state index in [0.29, 0.717) is 34.4 Å². The van der Waals surface area contributed by atoms with Gasteiger partial charge in [-0.15, -0.1) is 0 Å². The summed E-state index contributed by atoms with van der Waals surface area (Å²) in [5, 5.41) is 0.771. The van der Waals surface area contributed by atoms with Gasteiger partial charge in [0.2, 0.25) is 0 Å². The van der Waals surface area contributed by atoms with E-state index in [1.807, 2.05) is 36.4 Å². The first kappa shape index (κ1) is 24.3. The van der Waals surface area contributed by atoms with Gasteiger partial charge in [0.15, 0.2) is 0 Å². The molecule has 3 aromatic carbocycles. The maximum absolute atomic E-state index is 13.3. The third kappa shape index (κ3) is 4.26. The van der Waals surface area contributed by atoms with Crippen molar-refractivity contribution in [3.05, 3.63) is 85.3 Å². The molecule has 3 aromatic heterocycles. The summed E-state index contributed by atoms with van der Waals surface area (Å²) in [4.78, 5) is 17.1. The van der Waals surface area contributed by atoms with Crippen LogP contribution in [0.3, 0.4) is 0 Å². The topological polar surface area (TPSA) is 132 Å². The molecule has 7 rings (SSSR count). The van der Waals surface area contributed by atoms with Crippen LogP contribution in [0.1, 0.15) is 31.7 Å². The zero-order valence-electron chi connectivity index (χ0n) is 21.6. The highest BCUT2D eigenvalue weighted by Crippen LogP contribution is 2.38. The monoisotopic (exact) mass is 549 g/mol. The predicted molar refractivity (Wildman–Crippen MR) is 157 cm³/mol. The summed E-state index contributed by atoms with van der Waals surface area (Å²) >= 11 is 0. The van der Waals surface area contributed by atoms with Crippen LogP contribution in [0.25, 0.3) is 44.6 Å². The Labute approximate surface area is 231 Å². The molecule has 6 aromatic rings. The van der Waals surface area contributed by atoms with Gasteiger partial charge in [0.1, 0.15) is 23.6 Å². The minimum atomic E-state index is -3.82. The van der Waals surface area contributed by atoms with Gasteiger partial charge in [0.05, 0.1) is 27.0 Å². The van der Waals surface area contributed by atoms with Crippen LogP contribution >= 0.6 is 0 Å². The highest BCUT2D eigenvalue weighted by molar-refractivity contribution is 7.92. The molecule has 1 aliphatic rings. The number of fused-ring (bicyclic) bond motifs is 2. The molecular weight excluding hydrogens is 522 g/mol. The van der Waals surface area contributed by atoms with Gasteiger partial charge < -0.3 is 15.3 Å². The lowest BCUT2D eigenvalue weighted by Gasteiger charge is -2.12. The van der Waals surface area contributed by atoms with E-state index < -0.39 is 10.0 Å². The molecule has 0 atom stereocenters. The molecule has 0 amide bonds. The molecule has 40 heavy (non-hydrogen) atoms. The molecule has 0 aliphatic heterocycles. The number of aromatic amines is 1. The molecule has 10 heteroatoms. The molecule has 200 valence electrons. The number of sulfonamides is 1. The third-order valence-electron chi connectivity index (χ3n) is 7.60. The number of aromatic nitrogens is 5. The zero-order chi connectivity index (χ0) is 27.3. The van der Waals surface area contributed by atoms with Crippen LogP contribution in [-0.4, -0.2) is 32.9 Å². The van der Waals surface area contributed by atoms with Gasteiger partial charge in [-0.05, 0) is 54.3 Å². The van der Waals surface area contributed by atoms with E-state index >= 15 is 0 Å². The van der Waals surface area contributed by atoms with Gasteiger partial charge >= 0.3 is 0 Å². The van der Waals surface area contributed by atoms with Crippen molar-refractivity contribution < 1.29 is 8.42 Å². The molecule has 3 heterocycles. The standard InChI is InChI=1S/C30H27N7O2S/c31-28-27-24(17-37(22-10-4-5-11-22)30(27)33-18-32-28)29-34-25-14-13-21(16-26(25)35-29)36-40(38,39)23-12-6-9-20(15-23)19-7-2-1-3-8-19/h1-3,6-9,12-18,22,36H,4-5,10-11H2,(H,34,35)(H2,31,32,33). The Morgan fingerprint density at radius 2 is 1.73 bits per heavy atom. The summed E-state index contributed by atoms with van der Waals surface area (Å²) in [5.41, 5.74) is 11.6. The lowest BCUT2D eigenvalue weighted by atomic mass is 10.1. The number of imidazole rings is 1. The molecular formula is C30H27N7O2S. The molecule has 1 fully saturated rings. The number of hydrogen-bond donors (Lipinski definition) is 3. The number of rotatable bonds is 6. The number of nitrogens with one attached hydrogen (secondary N) is 2. The van der Waals surface area contributed by atoms with E-state index in [1.165, 1.54) is 19.2 Å². The average Bonchev–Trinajstić information content (AvgIpc) is 3.72. The van der Waals surface area contributed by atoms with E-state index in [-0.39, 0.29) is 4.90 Å². The molecule has 9 nitrogen and oxygen atoms in total. The van der Waals surface area contributed by atoms with Crippen molar-refractivity contribution in [2.24, 2.45) is 0 Å². The molecule has 0 saturated heterocycles. The van der Waals surface area contributed by atoms with E-state index in [9.17, 15) is 8.42 Å². The number of nitrogen functional groups attached to an aromatic ring is 1. The van der Waals surface area contributed by atoms with Gasteiger partial charge in [-0.25, -0.2) is 23.4 Å². The van der Waals surface area contributed by atoms with Crippen molar-refractivity contribution >= 4 is 43.6 Å². The van der Waals surface area contributed by atoms with Crippen LogP contribution in [-0.2, 0) is 10.0 Å². The Kier molecular flexibility index (Phi) is 5.78. The molecule has 0 radical (unpaired) electrons. The predicted octanol–water partition coefficient (Wildman–Crippen LogP) is 6.14.